The molecular formula is C41H43ClF3N5O5. The highest BCUT2D eigenvalue weighted by atomic mass is 35.5. The average Bonchev–Trinajstić information content (AvgIpc) is 3.92. The Labute approximate surface area is 322 Å². The quantitative estimate of drug-likeness (QED) is 0.109. The number of nitrogens with zero attached hydrogens (tertiary/aromatic N) is 2. The summed E-state index contributed by atoms with van der Waals surface area (Å²) in [6.45, 7) is 2.03. The highest BCUT2D eigenvalue weighted by Crippen LogP contribution is 2.45. The number of likely N-dealkylation sites (tertiary alicyclic amines) is 1. The number of carbonyl (C=O) groups excluding carboxylic acids is 1. The van der Waals surface area contributed by atoms with Crippen molar-refractivity contribution in [2.75, 3.05) is 39.2 Å². The first-order valence-corrected chi connectivity index (χ1v) is 18.8. The predicted octanol–water partition coefficient (Wildman–Crippen LogP) is 7.48. The number of aromatic nitrogens is 1. The van der Waals surface area contributed by atoms with Crippen molar-refractivity contribution in [3.63, 3.8) is 0 Å². The van der Waals surface area contributed by atoms with Crippen molar-refractivity contribution in [2.45, 2.75) is 63.5 Å². The second-order valence-electron chi connectivity index (χ2n) is 14.3. The molecule has 3 aromatic carbocycles. The topological polar surface area (TPSA) is 125 Å². The van der Waals surface area contributed by atoms with Gasteiger partial charge < -0.3 is 30.5 Å². The van der Waals surface area contributed by atoms with Gasteiger partial charge in [-0.2, -0.15) is 18.2 Å². The van der Waals surface area contributed by atoms with Gasteiger partial charge in [0.05, 0.1) is 36.8 Å². The van der Waals surface area contributed by atoms with Gasteiger partial charge >= 0.3 is 12.1 Å². The Morgan fingerprint density at radius 1 is 1.00 bits per heavy atom. The number of fused-ring (bicyclic) bond motifs is 1. The molecule has 55 heavy (non-hydrogen) atoms. The molecule has 0 saturated carbocycles. The Hall–Kier alpha value is -4.85. The number of amides is 1. The third kappa shape index (κ3) is 8.24. The summed E-state index contributed by atoms with van der Waals surface area (Å²) in [5.74, 6) is -0.949. The number of aliphatic carboxylic acids is 1. The van der Waals surface area contributed by atoms with Gasteiger partial charge in [-0.1, -0.05) is 60.1 Å². The predicted molar refractivity (Wildman–Crippen MR) is 203 cm³/mol. The van der Waals surface area contributed by atoms with Crippen molar-refractivity contribution >= 4 is 29.3 Å². The van der Waals surface area contributed by atoms with Crippen molar-refractivity contribution in [3.05, 3.63) is 93.5 Å². The van der Waals surface area contributed by atoms with Crippen LogP contribution in [-0.2, 0) is 35.3 Å². The summed E-state index contributed by atoms with van der Waals surface area (Å²) in [6, 6.07) is 18.3. The summed E-state index contributed by atoms with van der Waals surface area (Å²) < 4.78 is 54.9. The number of ether oxygens (including phenoxy) is 2. The molecule has 3 heterocycles. The number of benzene rings is 3. The first kappa shape index (κ1) is 38.4. The molecule has 0 unspecified atom stereocenters. The minimum absolute atomic E-state index is 0.0600. The van der Waals surface area contributed by atoms with Crippen LogP contribution in [0.15, 0.2) is 60.7 Å². The van der Waals surface area contributed by atoms with Gasteiger partial charge in [0.2, 0.25) is 11.8 Å². The summed E-state index contributed by atoms with van der Waals surface area (Å²) in [5, 5.41) is 19.4. The zero-order chi connectivity index (χ0) is 38.9. The molecule has 3 atom stereocenters. The van der Waals surface area contributed by atoms with E-state index in [0.29, 0.717) is 56.1 Å². The van der Waals surface area contributed by atoms with Crippen molar-refractivity contribution in [2.24, 2.45) is 5.92 Å². The van der Waals surface area contributed by atoms with Crippen LogP contribution in [0.5, 0.6) is 11.6 Å². The summed E-state index contributed by atoms with van der Waals surface area (Å²) in [5.41, 5.74) is 5.58. The number of rotatable bonds is 13. The lowest BCUT2D eigenvalue weighted by Gasteiger charge is -2.23. The lowest BCUT2D eigenvalue weighted by molar-refractivity contribution is -0.141. The summed E-state index contributed by atoms with van der Waals surface area (Å²) >= 11 is 7.17. The molecule has 0 spiro atoms. The first-order valence-electron chi connectivity index (χ1n) is 18.4. The summed E-state index contributed by atoms with van der Waals surface area (Å²) in [7, 11) is 2.99. The van der Waals surface area contributed by atoms with Crippen LogP contribution in [0.1, 0.15) is 59.5 Å². The monoisotopic (exact) mass is 777 g/mol. The van der Waals surface area contributed by atoms with E-state index in [1.54, 1.807) is 7.11 Å². The number of hydrogen-bond acceptors (Lipinski definition) is 8. The van der Waals surface area contributed by atoms with Crippen molar-refractivity contribution in [1.82, 2.24) is 20.5 Å². The van der Waals surface area contributed by atoms with Crippen molar-refractivity contribution in [1.29, 1.82) is 0 Å². The van der Waals surface area contributed by atoms with Crippen molar-refractivity contribution in [3.8, 4) is 33.9 Å². The molecule has 0 radical (unpaired) electrons. The fourth-order valence-electron chi connectivity index (χ4n) is 8.03. The van der Waals surface area contributed by atoms with E-state index >= 15 is 0 Å². The van der Waals surface area contributed by atoms with Gasteiger partial charge in [-0.25, -0.2) is 0 Å². The number of pyridine rings is 1. The first-order chi connectivity index (χ1) is 26.4. The van der Waals surface area contributed by atoms with Gasteiger partial charge in [0, 0.05) is 60.9 Å². The Bertz CT molecular complexity index is 2100. The Kier molecular flexibility index (Phi) is 11.2. The molecule has 2 saturated heterocycles. The molecule has 10 nitrogen and oxygen atoms in total. The van der Waals surface area contributed by atoms with Gasteiger partial charge in [-0.3, -0.25) is 14.5 Å². The van der Waals surface area contributed by atoms with E-state index in [-0.39, 0.29) is 42.3 Å². The smallest absolute Gasteiger partial charge is 0.419 e. The second kappa shape index (κ2) is 16.1. The minimum Gasteiger partial charge on any atom is -0.496 e. The molecule has 1 aromatic heterocycles. The van der Waals surface area contributed by atoms with Crippen LogP contribution < -0.4 is 25.4 Å². The van der Waals surface area contributed by atoms with Crippen molar-refractivity contribution < 1.29 is 37.3 Å². The second-order valence-corrected chi connectivity index (χ2v) is 14.7. The molecule has 1 amide bonds. The van der Waals surface area contributed by atoms with E-state index in [0.717, 1.165) is 51.4 Å². The number of anilines is 1. The van der Waals surface area contributed by atoms with E-state index in [2.05, 4.69) is 20.9 Å². The molecule has 290 valence electrons. The van der Waals surface area contributed by atoms with Crippen LogP contribution >= 0.6 is 11.6 Å². The van der Waals surface area contributed by atoms with E-state index < -0.39 is 29.7 Å². The number of hydrogen-bond donors (Lipinski definition) is 4. The third-order valence-electron chi connectivity index (χ3n) is 10.8. The fraction of sp³-hybridized carbons (Fsp3) is 0.390. The molecule has 7 rings (SSSR count). The lowest BCUT2D eigenvalue weighted by Crippen LogP contribution is -2.35. The molecule has 14 heteroatoms. The van der Waals surface area contributed by atoms with Gasteiger partial charge in [0.1, 0.15) is 11.6 Å². The van der Waals surface area contributed by atoms with E-state index in [1.807, 2.05) is 59.5 Å². The summed E-state index contributed by atoms with van der Waals surface area (Å²) in [6.07, 6.45) is -1.75. The van der Waals surface area contributed by atoms with Gasteiger partial charge in [0.25, 0.3) is 0 Å². The number of methoxy groups -OCH3 is 2. The molecular weight excluding hydrogens is 735 g/mol. The van der Waals surface area contributed by atoms with Gasteiger partial charge in [-0.05, 0) is 66.6 Å². The Morgan fingerprint density at radius 3 is 2.49 bits per heavy atom. The lowest BCUT2D eigenvalue weighted by atomic mass is 9.93. The molecule has 2 aliphatic heterocycles. The van der Waals surface area contributed by atoms with Crippen LogP contribution in [0.3, 0.4) is 0 Å². The normalized spacial score (nSPS) is 19.7. The van der Waals surface area contributed by atoms with E-state index in [9.17, 15) is 27.9 Å². The van der Waals surface area contributed by atoms with Crippen LogP contribution in [-0.4, -0.2) is 66.8 Å². The molecule has 4 N–H and O–H groups in total. The molecule has 4 aromatic rings. The number of carboxylic acid groups (broad SMARTS) is 1. The van der Waals surface area contributed by atoms with E-state index in [4.69, 9.17) is 21.1 Å². The maximum Gasteiger partial charge on any atom is 0.419 e. The zero-order valence-electron chi connectivity index (χ0n) is 30.6. The highest BCUT2D eigenvalue weighted by molar-refractivity contribution is 6.36. The molecule has 1 aliphatic carbocycles. The number of carboxylic acids is 1. The van der Waals surface area contributed by atoms with Crippen LogP contribution in [0.2, 0.25) is 5.02 Å². The standard InChI is InChI=1S/C41H43ClF3N5O5/c1-54-35-18-23(9-10-24(35)19-46-20-27-11-14-36(51)47-27)28-5-3-8-32(37(28)42)29-6-4-7-31-30(29)12-13-34(31)48-38-33(41(43,44)45)17-26(39(49-38)55-2)22-50-16-15-25(21-50)40(52)53/h3-10,17-18,25,27,34,46H,11-16,19-22H2,1-2H3,(H,47,51)(H,48,49)(H,52,53)/t25-,27+,34+/m1/s1. The molecule has 2 fully saturated rings. The number of alkyl halides is 3. The Balaban J connectivity index is 1.12. The van der Waals surface area contributed by atoms with Crippen LogP contribution in [0, 0.1) is 5.92 Å². The van der Waals surface area contributed by atoms with E-state index in [1.165, 1.54) is 7.11 Å². The Morgan fingerprint density at radius 2 is 1.78 bits per heavy atom. The zero-order valence-corrected chi connectivity index (χ0v) is 31.3. The number of carbonyl (C=O) groups is 2. The van der Waals surface area contributed by atoms with Crippen LogP contribution in [0.25, 0.3) is 22.3 Å². The molecule has 0 bridgehead atoms. The largest absolute Gasteiger partial charge is 0.496 e. The highest BCUT2D eigenvalue weighted by Gasteiger charge is 2.38. The summed E-state index contributed by atoms with van der Waals surface area (Å²) in [4.78, 5) is 29.1. The molecule has 3 aliphatic rings. The fourth-order valence-corrected chi connectivity index (χ4v) is 8.36. The SMILES string of the molecule is COc1cc(-c2cccc(-c3cccc4c3CC[C@@H]4Nc3nc(OC)c(CN4CC[C@@H](C(=O)O)C4)cc3C(F)(F)F)c2Cl)ccc1CNC[C@@H]1CCC(=O)N1. The number of nitrogens with one attached hydrogen (secondary N) is 3. The third-order valence-corrected chi connectivity index (χ3v) is 11.2. The number of halogens is 4. The van der Waals surface area contributed by atoms with Gasteiger partial charge in [0.15, 0.2) is 0 Å². The van der Waals surface area contributed by atoms with Crippen LogP contribution in [0.4, 0.5) is 19.0 Å². The average molecular weight is 778 g/mol. The minimum atomic E-state index is -4.70. The maximum atomic E-state index is 14.6. The maximum absolute atomic E-state index is 14.6. The van der Waals surface area contributed by atoms with Gasteiger partial charge in [-0.15, -0.1) is 0 Å².